The first-order valence-electron chi connectivity index (χ1n) is 6.65. The summed E-state index contributed by atoms with van der Waals surface area (Å²) in [5, 5.41) is 6.14. The van der Waals surface area contributed by atoms with Crippen molar-refractivity contribution in [2.24, 2.45) is 0 Å². The third kappa shape index (κ3) is 5.47. The number of nitrogens with one attached hydrogen (secondary N) is 2. The zero-order valence-corrected chi connectivity index (χ0v) is 12.5. The standard InChI is InChI=1S/C14H18F2N2O2.ClH/c1-9-6-11(4-5-17-9)18-14(19)8-20-13-3-2-10(15)7-12(13)16;/h2-3,7,9,11,17H,4-6,8H2,1H3,(H,18,19);1H. The maximum absolute atomic E-state index is 13.3. The zero-order chi connectivity index (χ0) is 14.5. The van der Waals surface area contributed by atoms with Gasteiger partial charge >= 0.3 is 0 Å². The lowest BCUT2D eigenvalue weighted by molar-refractivity contribution is -0.124. The van der Waals surface area contributed by atoms with Crippen molar-refractivity contribution in [3.63, 3.8) is 0 Å². The quantitative estimate of drug-likeness (QED) is 0.892. The van der Waals surface area contributed by atoms with Crippen molar-refractivity contribution in [3.05, 3.63) is 29.8 Å². The normalized spacial score (nSPS) is 21.3. The second-order valence-electron chi connectivity index (χ2n) is 5.01. The Labute approximate surface area is 128 Å². The Morgan fingerprint density at radius 2 is 2.24 bits per heavy atom. The highest BCUT2D eigenvalue weighted by molar-refractivity contribution is 5.85. The molecule has 1 heterocycles. The highest BCUT2D eigenvalue weighted by atomic mass is 35.5. The second kappa shape index (κ2) is 8.14. The Kier molecular flexibility index (Phi) is 6.84. The van der Waals surface area contributed by atoms with Gasteiger partial charge in [0.2, 0.25) is 0 Å². The molecule has 1 aliphatic heterocycles. The lowest BCUT2D eigenvalue weighted by atomic mass is 10.0. The molecule has 0 saturated carbocycles. The molecule has 0 spiro atoms. The molecule has 0 radical (unpaired) electrons. The number of ether oxygens (including phenoxy) is 1. The lowest BCUT2D eigenvalue weighted by Crippen LogP contribution is -2.47. The van der Waals surface area contributed by atoms with Gasteiger partial charge in [-0.3, -0.25) is 4.79 Å². The fourth-order valence-corrected chi connectivity index (χ4v) is 2.27. The van der Waals surface area contributed by atoms with Crippen LogP contribution in [0.3, 0.4) is 0 Å². The number of hydrogen-bond acceptors (Lipinski definition) is 3. The number of carbonyl (C=O) groups is 1. The summed E-state index contributed by atoms with van der Waals surface area (Å²) in [6.07, 6.45) is 1.72. The first kappa shape index (κ1) is 17.7. The Hall–Kier alpha value is -1.40. The largest absolute Gasteiger partial charge is 0.481 e. The Morgan fingerprint density at radius 3 is 2.90 bits per heavy atom. The van der Waals surface area contributed by atoms with E-state index in [9.17, 15) is 13.6 Å². The molecule has 118 valence electrons. The molecular formula is C14H19ClF2N2O2. The molecule has 0 aliphatic carbocycles. The van der Waals surface area contributed by atoms with E-state index in [1.54, 1.807) is 0 Å². The van der Waals surface area contributed by atoms with Crippen LogP contribution in [0.25, 0.3) is 0 Å². The minimum absolute atomic E-state index is 0. The Balaban J connectivity index is 0.00000220. The predicted molar refractivity (Wildman–Crippen MR) is 77.7 cm³/mol. The molecule has 1 saturated heterocycles. The average molecular weight is 321 g/mol. The zero-order valence-electron chi connectivity index (χ0n) is 11.7. The lowest BCUT2D eigenvalue weighted by Gasteiger charge is -2.28. The van der Waals surface area contributed by atoms with Crippen molar-refractivity contribution in [1.29, 1.82) is 0 Å². The third-order valence-electron chi connectivity index (χ3n) is 3.24. The second-order valence-corrected chi connectivity index (χ2v) is 5.01. The molecule has 2 rings (SSSR count). The van der Waals surface area contributed by atoms with E-state index in [-0.39, 0.29) is 36.7 Å². The van der Waals surface area contributed by atoms with Gasteiger partial charge < -0.3 is 15.4 Å². The molecule has 1 amide bonds. The van der Waals surface area contributed by atoms with Crippen molar-refractivity contribution < 1.29 is 18.3 Å². The fourth-order valence-electron chi connectivity index (χ4n) is 2.27. The van der Waals surface area contributed by atoms with Crippen molar-refractivity contribution in [2.75, 3.05) is 13.2 Å². The number of benzene rings is 1. The van der Waals surface area contributed by atoms with Crippen molar-refractivity contribution in [1.82, 2.24) is 10.6 Å². The van der Waals surface area contributed by atoms with Crippen LogP contribution in [-0.2, 0) is 4.79 Å². The van der Waals surface area contributed by atoms with Gasteiger partial charge in [0.1, 0.15) is 5.82 Å². The fraction of sp³-hybridized carbons (Fsp3) is 0.500. The molecule has 0 bridgehead atoms. The van der Waals surface area contributed by atoms with Crippen LogP contribution in [0.15, 0.2) is 18.2 Å². The number of halogens is 3. The minimum atomic E-state index is -0.812. The molecule has 7 heteroatoms. The summed E-state index contributed by atoms with van der Waals surface area (Å²) in [6, 6.07) is 3.46. The van der Waals surface area contributed by atoms with E-state index in [0.717, 1.165) is 31.5 Å². The molecular weight excluding hydrogens is 302 g/mol. The number of piperidine rings is 1. The van der Waals surface area contributed by atoms with Crippen molar-refractivity contribution >= 4 is 18.3 Å². The van der Waals surface area contributed by atoms with Crippen LogP contribution in [0.5, 0.6) is 5.75 Å². The SMILES string of the molecule is CC1CC(NC(=O)COc2ccc(F)cc2F)CCN1.Cl. The van der Waals surface area contributed by atoms with Crippen molar-refractivity contribution in [2.45, 2.75) is 31.8 Å². The molecule has 2 N–H and O–H groups in total. The summed E-state index contributed by atoms with van der Waals surface area (Å²) in [7, 11) is 0. The first-order valence-corrected chi connectivity index (χ1v) is 6.65. The molecule has 21 heavy (non-hydrogen) atoms. The number of carbonyl (C=O) groups excluding carboxylic acids is 1. The summed E-state index contributed by atoms with van der Waals surface area (Å²) in [4.78, 5) is 11.7. The molecule has 4 nitrogen and oxygen atoms in total. The van der Waals surface area contributed by atoms with Crippen molar-refractivity contribution in [3.8, 4) is 5.75 Å². The molecule has 2 atom stereocenters. The van der Waals surface area contributed by atoms with E-state index in [1.807, 2.05) is 0 Å². The van der Waals surface area contributed by atoms with Crippen LogP contribution >= 0.6 is 12.4 Å². The van der Waals surface area contributed by atoms with E-state index < -0.39 is 11.6 Å². The topological polar surface area (TPSA) is 50.4 Å². The van der Waals surface area contributed by atoms with Crippen LogP contribution in [0.1, 0.15) is 19.8 Å². The average Bonchev–Trinajstić information content (AvgIpc) is 2.37. The van der Waals surface area contributed by atoms with Crippen LogP contribution in [0.2, 0.25) is 0 Å². The highest BCUT2D eigenvalue weighted by Crippen LogP contribution is 2.17. The smallest absolute Gasteiger partial charge is 0.258 e. The van der Waals surface area contributed by atoms with Gasteiger partial charge in [-0.15, -0.1) is 12.4 Å². The van der Waals surface area contributed by atoms with E-state index in [1.165, 1.54) is 6.07 Å². The van der Waals surface area contributed by atoms with E-state index >= 15 is 0 Å². The van der Waals surface area contributed by atoms with Gasteiger partial charge in [0.15, 0.2) is 18.2 Å². The van der Waals surface area contributed by atoms with Gasteiger partial charge in [-0.25, -0.2) is 8.78 Å². The van der Waals surface area contributed by atoms with Crippen LogP contribution in [0, 0.1) is 11.6 Å². The van der Waals surface area contributed by atoms with E-state index in [0.29, 0.717) is 6.04 Å². The summed E-state index contributed by atoms with van der Waals surface area (Å²) >= 11 is 0. The molecule has 1 aliphatic rings. The summed E-state index contributed by atoms with van der Waals surface area (Å²) in [5.74, 6) is -1.91. The third-order valence-corrected chi connectivity index (χ3v) is 3.24. The monoisotopic (exact) mass is 320 g/mol. The van der Waals surface area contributed by atoms with Gasteiger partial charge in [0.25, 0.3) is 5.91 Å². The van der Waals surface area contributed by atoms with Crippen LogP contribution < -0.4 is 15.4 Å². The summed E-state index contributed by atoms with van der Waals surface area (Å²) in [5.41, 5.74) is 0. The molecule has 2 unspecified atom stereocenters. The highest BCUT2D eigenvalue weighted by Gasteiger charge is 2.20. The number of hydrogen-bond donors (Lipinski definition) is 2. The van der Waals surface area contributed by atoms with E-state index in [2.05, 4.69) is 17.6 Å². The maximum Gasteiger partial charge on any atom is 0.258 e. The van der Waals surface area contributed by atoms with Gasteiger partial charge in [-0.05, 0) is 38.4 Å². The van der Waals surface area contributed by atoms with Gasteiger partial charge in [0.05, 0.1) is 0 Å². The minimum Gasteiger partial charge on any atom is -0.481 e. The van der Waals surface area contributed by atoms with E-state index in [4.69, 9.17) is 4.74 Å². The molecule has 1 aromatic rings. The maximum atomic E-state index is 13.3. The molecule has 1 fully saturated rings. The predicted octanol–water partition coefficient (Wildman–Crippen LogP) is 2.02. The van der Waals surface area contributed by atoms with Crippen LogP contribution in [-0.4, -0.2) is 31.1 Å². The Bertz CT molecular complexity index is 488. The summed E-state index contributed by atoms with van der Waals surface area (Å²) < 4.78 is 31.1. The number of amides is 1. The first-order chi connectivity index (χ1) is 9.54. The molecule has 0 aromatic heterocycles. The van der Waals surface area contributed by atoms with Gasteiger partial charge in [-0.1, -0.05) is 0 Å². The Morgan fingerprint density at radius 1 is 1.48 bits per heavy atom. The van der Waals surface area contributed by atoms with Gasteiger partial charge in [0, 0.05) is 18.2 Å². The number of rotatable bonds is 4. The van der Waals surface area contributed by atoms with Gasteiger partial charge in [-0.2, -0.15) is 0 Å². The summed E-state index contributed by atoms with van der Waals surface area (Å²) in [6.45, 7) is 2.64. The van der Waals surface area contributed by atoms with Crippen LogP contribution in [0.4, 0.5) is 8.78 Å². The molecule has 1 aromatic carbocycles.